The second-order valence-electron chi connectivity index (χ2n) is 7.24. The first-order chi connectivity index (χ1) is 15.1. The molecule has 1 amide bonds. The molecule has 1 aliphatic heterocycles. The molecule has 0 bridgehead atoms. The lowest BCUT2D eigenvalue weighted by molar-refractivity contribution is 0.0599. The zero-order valence-corrected chi connectivity index (χ0v) is 17.4. The van der Waals surface area contributed by atoms with Gasteiger partial charge in [-0.1, -0.05) is 24.3 Å². The fraction of sp³-hybridized carbons (Fsp3) is 0.292. The molecule has 0 aliphatic carbocycles. The first-order valence-electron chi connectivity index (χ1n) is 10.2. The minimum Gasteiger partial charge on any atom is -0.465 e. The molecule has 0 N–H and O–H groups in total. The third-order valence-corrected chi connectivity index (χ3v) is 5.41. The maximum absolute atomic E-state index is 13.4. The molecule has 31 heavy (non-hydrogen) atoms. The van der Waals surface area contributed by atoms with Gasteiger partial charge in [0.2, 0.25) is 5.76 Å². The summed E-state index contributed by atoms with van der Waals surface area (Å²) in [7, 11) is 1.32. The van der Waals surface area contributed by atoms with E-state index in [1.54, 1.807) is 53.4 Å². The summed E-state index contributed by atoms with van der Waals surface area (Å²) in [5.41, 5.74) is 1.60. The molecule has 0 spiro atoms. The molecular weight excluding hydrogens is 398 g/mol. The van der Waals surface area contributed by atoms with E-state index < -0.39 is 12.0 Å². The molecule has 7 nitrogen and oxygen atoms in total. The van der Waals surface area contributed by atoms with Gasteiger partial charge in [0.1, 0.15) is 5.58 Å². The molecule has 2 heterocycles. The number of carbonyl (C=O) groups excluding carboxylic acids is 2. The normalized spacial score (nSPS) is 15.4. The first kappa shape index (κ1) is 20.8. The SMILES string of the molecule is CCOCCCN1C(=O)c2oc3ccccc3c(=O)c2[C@H]1c1ccc(C(=O)OC)cc1. The van der Waals surface area contributed by atoms with Crippen molar-refractivity contribution in [1.82, 2.24) is 4.90 Å². The van der Waals surface area contributed by atoms with E-state index in [1.807, 2.05) is 6.92 Å². The van der Waals surface area contributed by atoms with Crippen molar-refractivity contribution in [1.29, 1.82) is 0 Å². The van der Waals surface area contributed by atoms with Gasteiger partial charge in [-0.2, -0.15) is 0 Å². The highest BCUT2D eigenvalue weighted by molar-refractivity contribution is 5.99. The van der Waals surface area contributed by atoms with Gasteiger partial charge in [0.25, 0.3) is 5.91 Å². The van der Waals surface area contributed by atoms with Gasteiger partial charge in [0.15, 0.2) is 5.43 Å². The third kappa shape index (κ3) is 3.72. The molecule has 2 aromatic carbocycles. The van der Waals surface area contributed by atoms with Crippen LogP contribution >= 0.6 is 0 Å². The number of para-hydroxylation sites is 1. The molecule has 0 saturated carbocycles. The van der Waals surface area contributed by atoms with Crippen molar-refractivity contribution in [3.05, 3.63) is 81.2 Å². The monoisotopic (exact) mass is 421 g/mol. The molecule has 1 atom stereocenters. The van der Waals surface area contributed by atoms with E-state index in [9.17, 15) is 14.4 Å². The van der Waals surface area contributed by atoms with Crippen LogP contribution in [-0.2, 0) is 9.47 Å². The lowest BCUT2D eigenvalue weighted by atomic mass is 9.97. The standard InChI is InChI=1S/C24H23NO6/c1-3-30-14-6-13-25-20(15-9-11-16(12-10-15)24(28)29-2)19-21(26)17-7-4-5-8-18(17)31-22(19)23(25)27/h4-5,7-12,20H,3,6,13-14H2,1-2H3/t20-/m1/s1. The van der Waals surface area contributed by atoms with Crippen LogP contribution in [0.25, 0.3) is 11.0 Å². The second kappa shape index (κ2) is 8.73. The Labute approximate surface area is 179 Å². The molecule has 4 rings (SSSR count). The summed E-state index contributed by atoms with van der Waals surface area (Å²) in [6.07, 6.45) is 0.623. The van der Waals surface area contributed by atoms with Crippen LogP contribution in [-0.4, -0.2) is 43.6 Å². The van der Waals surface area contributed by atoms with Gasteiger partial charge in [-0.3, -0.25) is 9.59 Å². The minimum absolute atomic E-state index is 0.0714. The van der Waals surface area contributed by atoms with E-state index >= 15 is 0 Å². The number of esters is 1. The Balaban J connectivity index is 1.81. The van der Waals surface area contributed by atoms with Crippen LogP contribution in [0.5, 0.6) is 0 Å². The van der Waals surface area contributed by atoms with Gasteiger partial charge in [0.05, 0.1) is 29.7 Å². The highest BCUT2D eigenvalue weighted by Crippen LogP contribution is 2.38. The van der Waals surface area contributed by atoms with Crippen molar-refractivity contribution in [3.8, 4) is 0 Å². The van der Waals surface area contributed by atoms with Crippen LogP contribution < -0.4 is 5.43 Å². The lowest BCUT2D eigenvalue weighted by Gasteiger charge is -2.25. The van der Waals surface area contributed by atoms with Crippen molar-refractivity contribution >= 4 is 22.8 Å². The van der Waals surface area contributed by atoms with Crippen LogP contribution in [0.4, 0.5) is 0 Å². The van der Waals surface area contributed by atoms with Gasteiger partial charge in [-0.15, -0.1) is 0 Å². The smallest absolute Gasteiger partial charge is 0.337 e. The topological polar surface area (TPSA) is 86.0 Å². The van der Waals surface area contributed by atoms with Crippen LogP contribution in [0.2, 0.25) is 0 Å². The van der Waals surface area contributed by atoms with E-state index in [2.05, 4.69) is 0 Å². The molecule has 0 radical (unpaired) electrons. The second-order valence-corrected chi connectivity index (χ2v) is 7.24. The van der Waals surface area contributed by atoms with Crippen molar-refractivity contribution in [2.75, 3.05) is 26.9 Å². The van der Waals surface area contributed by atoms with E-state index in [-0.39, 0.29) is 17.1 Å². The summed E-state index contributed by atoms with van der Waals surface area (Å²) in [6.45, 7) is 3.42. The number of ether oxygens (including phenoxy) is 2. The van der Waals surface area contributed by atoms with E-state index in [0.29, 0.717) is 48.3 Å². The first-order valence-corrected chi connectivity index (χ1v) is 10.2. The molecule has 3 aromatic rings. The average Bonchev–Trinajstić information content (AvgIpc) is 3.08. The number of fused-ring (bicyclic) bond motifs is 2. The Hall–Kier alpha value is -3.45. The highest BCUT2D eigenvalue weighted by atomic mass is 16.5. The number of carbonyl (C=O) groups is 2. The Morgan fingerprint density at radius 2 is 1.84 bits per heavy atom. The summed E-state index contributed by atoms with van der Waals surface area (Å²) in [5, 5.41) is 0.432. The van der Waals surface area contributed by atoms with E-state index in [1.165, 1.54) is 7.11 Å². The summed E-state index contributed by atoms with van der Waals surface area (Å²) in [4.78, 5) is 40.0. The van der Waals surface area contributed by atoms with Gasteiger partial charge >= 0.3 is 5.97 Å². The average molecular weight is 421 g/mol. The van der Waals surface area contributed by atoms with Crippen molar-refractivity contribution in [3.63, 3.8) is 0 Å². The molecule has 0 unspecified atom stereocenters. The molecule has 1 aliphatic rings. The number of hydrogen-bond acceptors (Lipinski definition) is 6. The highest BCUT2D eigenvalue weighted by Gasteiger charge is 2.42. The fourth-order valence-electron chi connectivity index (χ4n) is 3.94. The van der Waals surface area contributed by atoms with Gasteiger partial charge in [0, 0.05) is 19.8 Å². The number of hydrogen-bond donors (Lipinski definition) is 0. The largest absolute Gasteiger partial charge is 0.465 e. The zero-order valence-electron chi connectivity index (χ0n) is 17.4. The molecular formula is C24H23NO6. The predicted octanol–water partition coefficient (Wildman–Crippen LogP) is 3.55. The summed E-state index contributed by atoms with van der Waals surface area (Å²) in [5.74, 6) is -0.702. The van der Waals surface area contributed by atoms with E-state index in [4.69, 9.17) is 13.9 Å². The van der Waals surface area contributed by atoms with Crippen molar-refractivity contribution < 1.29 is 23.5 Å². The Kier molecular flexibility index (Phi) is 5.86. The van der Waals surface area contributed by atoms with Crippen LogP contribution in [0, 0.1) is 0 Å². The maximum atomic E-state index is 13.4. The fourth-order valence-corrected chi connectivity index (χ4v) is 3.94. The maximum Gasteiger partial charge on any atom is 0.337 e. The number of benzene rings is 2. The molecule has 160 valence electrons. The zero-order chi connectivity index (χ0) is 22.0. The molecule has 0 fully saturated rings. The van der Waals surface area contributed by atoms with Crippen molar-refractivity contribution in [2.24, 2.45) is 0 Å². The Morgan fingerprint density at radius 3 is 2.55 bits per heavy atom. The molecule has 1 aromatic heterocycles. The molecule has 7 heteroatoms. The number of nitrogens with zero attached hydrogens (tertiary/aromatic N) is 1. The Morgan fingerprint density at radius 1 is 1.10 bits per heavy atom. The van der Waals surface area contributed by atoms with Gasteiger partial charge < -0.3 is 18.8 Å². The Bertz CT molecular complexity index is 1180. The molecule has 0 saturated heterocycles. The number of methoxy groups -OCH3 is 1. The van der Waals surface area contributed by atoms with Crippen LogP contribution in [0.3, 0.4) is 0 Å². The van der Waals surface area contributed by atoms with Gasteiger partial charge in [-0.25, -0.2) is 4.79 Å². The minimum atomic E-state index is -0.600. The van der Waals surface area contributed by atoms with Crippen LogP contribution in [0.15, 0.2) is 57.7 Å². The van der Waals surface area contributed by atoms with Crippen LogP contribution in [0.1, 0.15) is 51.4 Å². The summed E-state index contributed by atoms with van der Waals surface area (Å²) >= 11 is 0. The summed E-state index contributed by atoms with van der Waals surface area (Å²) < 4.78 is 16.1. The number of amides is 1. The summed E-state index contributed by atoms with van der Waals surface area (Å²) in [6, 6.07) is 13.0. The van der Waals surface area contributed by atoms with Gasteiger partial charge in [-0.05, 0) is 43.2 Å². The third-order valence-electron chi connectivity index (χ3n) is 5.41. The lowest BCUT2D eigenvalue weighted by Crippen LogP contribution is -2.31. The number of rotatable bonds is 7. The van der Waals surface area contributed by atoms with E-state index in [0.717, 1.165) is 5.56 Å². The quantitative estimate of drug-likeness (QED) is 0.428. The predicted molar refractivity (Wildman–Crippen MR) is 114 cm³/mol. The van der Waals surface area contributed by atoms with Crippen molar-refractivity contribution in [2.45, 2.75) is 19.4 Å².